The Bertz CT molecular complexity index is 1340. The number of allylic oxidation sites excluding steroid dienone is 8. The maximum absolute atomic E-state index is 3.46. The molecule has 0 aliphatic heterocycles. The molecule has 0 N–H and O–H groups in total. The molecule has 0 radical (unpaired) electrons. The predicted octanol–water partition coefficient (Wildman–Crippen LogP) is 9.72. The van der Waals surface area contributed by atoms with Gasteiger partial charge in [-0.2, -0.15) is 11.1 Å². The van der Waals surface area contributed by atoms with Crippen LogP contribution < -0.4 is 0 Å². The molecule has 0 bridgehead atoms. The van der Waals surface area contributed by atoms with Crippen molar-refractivity contribution in [2.24, 2.45) is 0 Å². The summed E-state index contributed by atoms with van der Waals surface area (Å²) in [6.45, 7) is 4.30. The third-order valence-electron chi connectivity index (χ3n) is 6.78. The van der Waals surface area contributed by atoms with E-state index in [1.807, 2.05) is 0 Å². The maximum Gasteiger partial charge on any atom is 4.00 e. The van der Waals surface area contributed by atoms with Crippen LogP contribution in [0.1, 0.15) is 51.8 Å². The van der Waals surface area contributed by atoms with E-state index in [-0.39, 0.29) is 24.6 Å². The summed E-state index contributed by atoms with van der Waals surface area (Å²) in [7, 11) is 0. The zero-order valence-electron chi connectivity index (χ0n) is 23.5. The number of hydrogen-bond donors (Lipinski definition) is 0. The summed E-state index contributed by atoms with van der Waals surface area (Å²) < 4.78 is 0. The SMILES string of the molecule is CC1=[C-]CC(c2ccccc2)=C1c1ccccc1.CC1=[C-]CC(c2ccccc2)=C1c1ccccc1.[H-].[H-].[Ti+4]. The van der Waals surface area contributed by atoms with Gasteiger partial charge < -0.3 is 2.85 Å². The summed E-state index contributed by atoms with van der Waals surface area (Å²) in [5.41, 5.74) is 13.2. The standard InChI is InChI=1S/2C18H15.Ti.2H/c2*1-14-12-13-17(15-8-4-2-5-9-15)18(14)16-10-6-3-7-11-16;;;/h2*2-11H,13H2,1H3;;;/q2*-1;+4;2*-1. The summed E-state index contributed by atoms with van der Waals surface area (Å²) in [5, 5.41) is 0. The van der Waals surface area contributed by atoms with Crippen molar-refractivity contribution in [3.05, 3.63) is 167 Å². The Labute approximate surface area is 239 Å². The molecular weight excluding hydrogens is 480 g/mol. The zero-order chi connectivity index (χ0) is 24.7. The predicted molar refractivity (Wildman–Crippen MR) is 156 cm³/mol. The van der Waals surface area contributed by atoms with Gasteiger partial charge in [0.2, 0.25) is 0 Å². The average Bonchev–Trinajstić information content (AvgIpc) is 3.53. The van der Waals surface area contributed by atoms with Gasteiger partial charge in [-0.1, -0.05) is 146 Å². The van der Waals surface area contributed by atoms with Crippen molar-refractivity contribution in [2.75, 3.05) is 0 Å². The van der Waals surface area contributed by atoms with Crippen molar-refractivity contribution >= 4 is 22.3 Å². The average molecular weight is 513 g/mol. The van der Waals surface area contributed by atoms with Gasteiger partial charge in [-0.25, -0.2) is 11.1 Å². The fraction of sp³-hybridized carbons (Fsp3) is 0.111. The molecule has 37 heavy (non-hydrogen) atoms. The molecule has 0 unspecified atom stereocenters. The second-order valence-electron chi connectivity index (χ2n) is 9.13. The minimum absolute atomic E-state index is 0. The molecule has 6 rings (SSSR count). The molecule has 4 aromatic rings. The number of benzene rings is 4. The zero-order valence-corrected chi connectivity index (χ0v) is 23.0. The molecule has 0 aromatic heterocycles. The third kappa shape index (κ3) is 6.11. The van der Waals surface area contributed by atoms with Gasteiger partial charge in [-0.15, -0.1) is 24.0 Å². The van der Waals surface area contributed by atoms with E-state index >= 15 is 0 Å². The van der Waals surface area contributed by atoms with Crippen LogP contribution in [0.2, 0.25) is 0 Å². The van der Waals surface area contributed by atoms with Gasteiger partial charge in [0.15, 0.2) is 0 Å². The molecule has 0 amide bonds. The van der Waals surface area contributed by atoms with Gasteiger partial charge in [0.25, 0.3) is 0 Å². The van der Waals surface area contributed by atoms with Crippen LogP contribution in [0.5, 0.6) is 0 Å². The van der Waals surface area contributed by atoms with Crippen LogP contribution in [0, 0.1) is 12.2 Å². The Morgan fingerprint density at radius 3 is 1.00 bits per heavy atom. The van der Waals surface area contributed by atoms with Crippen LogP contribution in [0.25, 0.3) is 22.3 Å². The molecule has 0 atom stereocenters. The Kier molecular flexibility index (Phi) is 9.12. The molecule has 0 saturated carbocycles. The van der Waals surface area contributed by atoms with Crippen molar-refractivity contribution in [3.63, 3.8) is 0 Å². The van der Waals surface area contributed by atoms with E-state index in [1.54, 1.807) is 0 Å². The Morgan fingerprint density at radius 2 is 0.703 bits per heavy atom. The van der Waals surface area contributed by atoms with Crippen LogP contribution in [-0.2, 0) is 21.7 Å². The molecule has 1 heteroatoms. The van der Waals surface area contributed by atoms with Gasteiger partial charge in [0.1, 0.15) is 0 Å². The van der Waals surface area contributed by atoms with E-state index in [0.717, 1.165) is 12.8 Å². The molecule has 0 nitrogen and oxygen atoms in total. The first-order valence-corrected chi connectivity index (χ1v) is 12.6. The minimum atomic E-state index is 0. The van der Waals surface area contributed by atoms with Crippen molar-refractivity contribution in [1.29, 1.82) is 0 Å². The fourth-order valence-corrected chi connectivity index (χ4v) is 5.01. The van der Waals surface area contributed by atoms with Crippen LogP contribution in [0.4, 0.5) is 0 Å². The smallest absolute Gasteiger partial charge is 1.00 e. The van der Waals surface area contributed by atoms with E-state index in [4.69, 9.17) is 0 Å². The summed E-state index contributed by atoms with van der Waals surface area (Å²) in [5.74, 6) is 0. The monoisotopic (exact) mass is 512 g/mol. The van der Waals surface area contributed by atoms with Gasteiger partial charge in [-0.3, -0.25) is 12.2 Å². The Hall–Kier alpha value is -3.45. The molecule has 0 spiro atoms. The molecule has 2 aliphatic carbocycles. The van der Waals surface area contributed by atoms with Gasteiger partial charge >= 0.3 is 21.7 Å². The van der Waals surface area contributed by atoms with Crippen LogP contribution in [0.15, 0.2) is 132 Å². The number of rotatable bonds is 4. The molecule has 0 saturated heterocycles. The van der Waals surface area contributed by atoms with E-state index in [9.17, 15) is 0 Å². The molecule has 0 heterocycles. The first kappa shape index (κ1) is 26.6. The first-order valence-electron chi connectivity index (χ1n) is 12.6. The maximum atomic E-state index is 3.46. The molecule has 180 valence electrons. The van der Waals surface area contributed by atoms with Crippen molar-refractivity contribution in [1.82, 2.24) is 0 Å². The van der Waals surface area contributed by atoms with Crippen molar-refractivity contribution in [2.45, 2.75) is 26.7 Å². The summed E-state index contributed by atoms with van der Waals surface area (Å²) >= 11 is 0. The van der Waals surface area contributed by atoms with E-state index in [2.05, 4.69) is 147 Å². The van der Waals surface area contributed by atoms with Gasteiger partial charge in [0.05, 0.1) is 0 Å². The minimum Gasteiger partial charge on any atom is -1.00 e. The normalized spacial score (nSPS) is 14.4. The molecular formula is C36H32Ti. The van der Waals surface area contributed by atoms with Crippen LogP contribution in [-0.4, -0.2) is 0 Å². The van der Waals surface area contributed by atoms with E-state index in [0.29, 0.717) is 0 Å². The van der Waals surface area contributed by atoms with Gasteiger partial charge in [0, 0.05) is 0 Å². The van der Waals surface area contributed by atoms with Crippen molar-refractivity contribution in [3.8, 4) is 0 Å². The Morgan fingerprint density at radius 1 is 0.432 bits per heavy atom. The van der Waals surface area contributed by atoms with Crippen molar-refractivity contribution < 1.29 is 24.6 Å². The largest absolute Gasteiger partial charge is 4.00 e. The first-order chi connectivity index (χ1) is 17.7. The second-order valence-corrected chi connectivity index (χ2v) is 9.13. The van der Waals surface area contributed by atoms with Gasteiger partial charge in [-0.05, 0) is 11.1 Å². The summed E-state index contributed by atoms with van der Waals surface area (Å²) in [6, 6.07) is 42.4. The Balaban J connectivity index is 0.000000254. The van der Waals surface area contributed by atoms with E-state index in [1.165, 1.54) is 55.7 Å². The van der Waals surface area contributed by atoms with Crippen LogP contribution in [0.3, 0.4) is 0 Å². The third-order valence-corrected chi connectivity index (χ3v) is 6.78. The molecule has 2 aliphatic rings. The molecule has 4 aromatic carbocycles. The quantitative estimate of drug-likeness (QED) is 0.189. The number of hydrogen-bond acceptors (Lipinski definition) is 0. The van der Waals surface area contributed by atoms with Crippen LogP contribution >= 0.6 is 0 Å². The summed E-state index contributed by atoms with van der Waals surface area (Å²) in [6.07, 6.45) is 8.75. The summed E-state index contributed by atoms with van der Waals surface area (Å²) in [4.78, 5) is 0. The fourth-order valence-electron chi connectivity index (χ4n) is 5.01. The second kappa shape index (κ2) is 12.7. The topological polar surface area (TPSA) is 0 Å². The van der Waals surface area contributed by atoms with E-state index < -0.39 is 0 Å². The molecule has 0 fully saturated rings.